The molecule has 0 aromatic rings. The Balaban J connectivity index is 2.53. The van der Waals surface area contributed by atoms with E-state index in [-0.39, 0.29) is 6.54 Å². The molecule has 8 heteroatoms. The SMILES string of the molecule is CN(C)CCNS(=O)(=O)N1CCCC(C(=O)O)C1. The number of nitrogens with one attached hydrogen (secondary N) is 1. The monoisotopic (exact) mass is 279 g/mol. The number of carboxylic acid groups (broad SMARTS) is 1. The summed E-state index contributed by atoms with van der Waals surface area (Å²) in [6.07, 6.45) is 1.13. The van der Waals surface area contributed by atoms with E-state index >= 15 is 0 Å². The van der Waals surface area contributed by atoms with Gasteiger partial charge in [0.25, 0.3) is 10.2 Å². The number of carboxylic acids is 1. The van der Waals surface area contributed by atoms with Crippen molar-refractivity contribution in [1.29, 1.82) is 0 Å². The molecular weight excluding hydrogens is 258 g/mol. The van der Waals surface area contributed by atoms with Gasteiger partial charge in [-0.15, -0.1) is 0 Å². The van der Waals surface area contributed by atoms with Crippen LogP contribution in [0.25, 0.3) is 0 Å². The lowest BCUT2D eigenvalue weighted by Gasteiger charge is -2.29. The summed E-state index contributed by atoms with van der Waals surface area (Å²) >= 11 is 0. The summed E-state index contributed by atoms with van der Waals surface area (Å²) in [6, 6.07) is 0. The second-order valence-corrected chi connectivity index (χ2v) is 6.49. The minimum atomic E-state index is -3.55. The minimum absolute atomic E-state index is 0.0621. The Hall–Kier alpha value is -0.700. The first-order chi connectivity index (χ1) is 8.33. The van der Waals surface area contributed by atoms with E-state index in [0.29, 0.717) is 32.5 Å². The van der Waals surface area contributed by atoms with Gasteiger partial charge in [-0.2, -0.15) is 12.7 Å². The number of aliphatic carboxylic acids is 1. The lowest BCUT2D eigenvalue weighted by atomic mass is 10.0. The summed E-state index contributed by atoms with van der Waals surface area (Å²) in [7, 11) is 0.161. The van der Waals surface area contributed by atoms with Crippen molar-refractivity contribution in [1.82, 2.24) is 13.9 Å². The predicted molar refractivity (Wildman–Crippen MR) is 67.4 cm³/mol. The van der Waals surface area contributed by atoms with Crippen LogP contribution in [0.1, 0.15) is 12.8 Å². The van der Waals surface area contributed by atoms with Crippen molar-refractivity contribution in [3.8, 4) is 0 Å². The van der Waals surface area contributed by atoms with E-state index in [1.807, 2.05) is 19.0 Å². The molecule has 0 aromatic carbocycles. The minimum Gasteiger partial charge on any atom is -0.481 e. The zero-order valence-electron chi connectivity index (χ0n) is 10.8. The first kappa shape index (κ1) is 15.4. The Morgan fingerprint density at radius 2 is 2.17 bits per heavy atom. The lowest BCUT2D eigenvalue weighted by Crippen LogP contribution is -2.48. The molecule has 0 saturated carbocycles. The van der Waals surface area contributed by atoms with E-state index in [1.54, 1.807) is 0 Å². The number of nitrogens with zero attached hydrogens (tertiary/aromatic N) is 2. The van der Waals surface area contributed by atoms with Crippen LogP contribution in [0, 0.1) is 5.92 Å². The first-order valence-corrected chi connectivity index (χ1v) is 7.39. The summed E-state index contributed by atoms with van der Waals surface area (Å²) in [5.74, 6) is -1.52. The molecule has 1 aliphatic rings. The number of hydrogen-bond donors (Lipinski definition) is 2. The van der Waals surface area contributed by atoms with Gasteiger partial charge in [-0.05, 0) is 26.9 Å². The molecule has 1 saturated heterocycles. The predicted octanol–water partition coefficient (Wildman–Crippen LogP) is -0.821. The molecule has 0 amide bonds. The molecule has 0 spiro atoms. The Bertz CT molecular complexity index is 383. The molecule has 0 aromatic heterocycles. The van der Waals surface area contributed by atoms with Gasteiger partial charge < -0.3 is 10.0 Å². The van der Waals surface area contributed by atoms with Crippen molar-refractivity contribution in [2.45, 2.75) is 12.8 Å². The topological polar surface area (TPSA) is 90.0 Å². The summed E-state index contributed by atoms with van der Waals surface area (Å²) in [4.78, 5) is 12.8. The molecule has 1 atom stereocenters. The fourth-order valence-corrected chi connectivity index (χ4v) is 3.13. The van der Waals surface area contributed by atoms with Crippen LogP contribution in [-0.4, -0.2) is 69.0 Å². The highest BCUT2D eigenvalue weighted by Crippen LogP contribution is 2.18. The molecule has 1 aliphatic heterocycles. The third-order valence-electron chi connectivity index (χ3n) is 2.92. The van der Waals surface area contributed by atoms with E-state index in [2.05, 4.69) is 4.72 Å². The third kappa shape index (κ3) is 4.52. The number of rotatable bonds is 6. The van der Waals surface area contributed by atoms with Crippen LogP contribution in [0.4, 0.5) is 0 Å². The fraction of sp³-hybridized carbons (Fsp3) is 0.900. The van der Waals surface area contributed by atoms with Gasteiger partial charge in [0.15, 0.2) is 0 Å². The van der Waals surface area contributed by atoms with Crippen LogP contribution in [0.15, 0.2) is 0 Å². The van der Waals surface area contributed by atoms with Gasteiger partial charge in [0.2, 0.25) is 0 Å². The van der Waals surface area contributed by atoms with E-state index in [4.69, 9.17) is 5.11 Å². The Kier molecular flexibility index (Phi) is 5.51. The van der Waals surface area contributed by atoms with Gasteiger partial charge in [0.1, 0.15) is 0 Å². The number of piperidine rings is 1. The van der Waals surface area contributed by atoms with Gasteiger partial charge in [0.05, 0.1) is 5.92 Å². The molecule has 1 fully saturated rings. The lowest BCUT2D eigenvalue weighted by molar-refractivity contribution is -0.142. The standard InChI is InChI=1S/C10H21N3O4S/c1-12(2)7-5-11-18(16,17)13-6-3-4-9(8-13)10(14)15/h9,11H,3-8H2,1-2H3,(H,14,15). The molecule has 0 aliphatic carbocycles. The van der Waals surface area contributed by atoms with Crippen LogP contribution < -0.4 is 4.72 Å². The summed E-state index contributed by atoms with van der Waals surface area (Å²) in [5, 5.41) is 8.92. The molecule has 106 valence electrons. The van der Waals surface area contributed by atoms with Gasteiger partial charge in [0, 0.05) is 26.2 Å². The van der Waals surface area contributed by atoms with Gasteiger partial charge in [-0.25, -0.2) is 4.72 Å². The van der Waals surface area contributed by atoms with Crippen LogP contribution in [0.2, 0.25) is 0 Å². The molecule has 1 unspecified atom stereocenters. The molecule has 2 N–H and O–H groups in total. The normalized spacial score (nSPS) is 22.3. The van der Waals surface area contributed by atoms with Crippen LogP contribution in [0.5, 0.6) is 0 Å². The van der Waals surface area contributed by atoms with Crippen molar-refractivity contribution in [2.24, 2.45) is 5.92 Å². The Morgan fingerprint density at radius 1 is 1.50 bits per heavy atom. The quantitative estimate of drug-likeness (QED) is 0.663. The smallest absolute Gasteiger partial charge is 0.307 e. The van der Waals surface area contributed by atoms with Crippen molar-refractivity contribution >= 4 is 16.2 Å². The first-order valence-electron chi connectivity index (χ1n) is 5.95. The Morgan fingerprint density at radius 3 is 2.72 bits per heavy atom. The molecule has 18 heavy (non-hydrogen) atoms. The summed E-state index contributed by atoms with van der Waals surface area (Å²) < 4.78 is 27.6. The van der Waals surface area contributed by atoms with Crippen molar-refractivity contribution < 1.29 is 18.3 Å². The van der Waals surface area contributed by atoms with Gasteiger partial charge in [-0.1, -0.05) is 0 Å². The van der Waals surface area contributed by atoms with Gasteiger partial charge in [-0.3, -0.25) is 4.79 Å². The van der Waals surface area contributed by atoms with Crippen LogP contribution >= 0.6 is 0 Å². The van der Waals surface area contributed by atoms with E-state index in [0.717, 1.165) is 0 Å². The van der Waals surface area contributed by atoms with E-state index in [9.17, 15) is 13.2 Å². The number of carbonyl (C=O) groups is 1. The molecular formula is C10H21N3O4S. The van der Waals surface area contributed by atoms with E-state index in [1.165, 1.54) is 4.31 Å². The maximum Gasteiger partial charge on any atom is 0.307 e. The van der Waals surface area contributed by atoms with Crippen molar-refractivity contribution in [3.05, 3.63) is 0 Å². The zero-order valence-corrected chi connectivity index (χ0v) is 11.6. The highest BCUT2D eigenvalue weighted by molar-refractivity contribution is 7.87. The third-order valence-corrected chi connectivity index (χ3v) is 4.50. The maximum absolute atomic E-state index is 11.9. The zero-order chi connectivity index (χ0) is 13.8. The molecule has 0 bridgehead atoms. The molecule has 1 rings (SSSR count). The molecule has 1 heterocycles. The molecule has 7 nitrogen and oxygen atoms in total. The second kappa shape index (κ2) is 6.46. The highest BCUT2D eigenvalue weighted by Gasteiger charge is 2.31. The average molecular weight is 279 g/mol. The van der Waals surface area contributed by atoms with Crippen molar-refractivity contribution in [3.63, 3.8) is 0 Å². The van der Waals surface area contributed by atoms with Crippen LogP contribution in [-0.2, 0) is 15.0 Å². The number of hydrogen-bond acceptors (Lipinski definition) is 4. The average Bonchev–Trinajstić information content (AvgIpc) is 2.28. The van der Waals surface area contributed by atoms with Gasteiger partial charge >= 0.3 is 5.97 Å². The maximum atomic E-state index is 11.9. The number of likely N-dealkylation sites (N-methyl/N-ethyl adjacent to an activating group) is 1. The fourth-order valence-electron chi connectivity index (χ4n) is 1.85. The second-order valence-electron chi connectivity index (χ2n) is 4.74. The van der Waals surface area contributed by atoms with Crippen molar-refractivity contribution in [2.75, 3.05) is 40.3 Å². The largest absolute Gasteiger partial charge is 0.481 e. The highest BCUT2D eigenvalue weighted by atomic mass is 32.2. The Labute approximate surface area is 108 Å². The summed E-state index contributed by atoms with van der Waals surface area (Å²) in [5.41, 5.74) is 0. The summed E-state index contributed by atoms with van der Waals surface area (Å²) in [6.45, 7) is 1.38. The van der Waals surface area contributed by atoms with Crippen LogP contribution in [0.3, 0.4) is 0 Å². The molecule has 0 radical (unpaired) electrons. The van der Waals surface area contributed by atoms with E-state index < -0.39 is 22.1 Å².